The van der Waals surface area contributed by atoms with Crippen molar-refractivity contribution in [1.82, 2.24) is 9.80 Å². The fourth-order valence-corrected chi connectivity index (χ4v) is 3.37. The first-order chi connectivity index (χ1) is 10.2. The average Bonchev–Trinajstić information content (AvgIpc) is 2.94. The summed E-state index contributed by atoms with van der Waals surface area (Å²) in [7, 11) is 2.17. The van der Waals surface area contributed by atoms with Gasteiger partial charge in [-0.15, -0.1) is 0 Å². The van der Waals surface area contributed by atoms with E-state index in [1.165, 1.54) is 19.0 Å². The third kappa shape index (κ3) is 3.02. The second-order valence-electron chi connectivity index (χ2n) is 6.01. The van der Waals surface area contributed by atoms with E-state index in [0.29, 0.717) is 17.3 Å². The lowest BCUT2D eigenvalue weighted by Crippen LogP contribution is -2.51. The minimum absolute atomic E-state index is 0.289. The molecule has 0 aromatic heterocycles. The number of nitriles is 1. The Kier molecular flexibility index (Phi) is 4.09. The molecule has 1 unspecified atom stereocenters. The summed E-state index contributed by atoms with van der Waals surface area (Å²) in [5, 5.41) is 8.80. The molecule has 0 aliphatic carbocycles. The SMILES string of the molecule is CN1CCC(N2CCN(c3ccc(C#N)cc3F)CC2)C1. The molecule has 2 fully saturated rings. The number of hydrogen-bond donors (Lipinski definition) is 0. The molecule has 2 aliphatic heterocycles. The summed E-state index contributed by atoms with van der Waals surface area (Å²) in [5.41, 5.74) is 1.00. The monoisotopic (exact) mass is 288 g/mol. The average molecular weight is 288 g/mol. The molecule has 0 spiro atoms. The lowest BCUT2D eigenvalue weighted by Gasteiger charge is -2.39. The minimum atomic E-state index is -0.289. The Hall–Kier alpha value is -1.64. The number of nitrogens with zero attached hydrogens (tertiary/aromatic N) is 4. The van der Waals surface area contributed by atoms with E-state index in [4.69, 9.17) is 5.26 Å². The summed E-state index contributed by atoms with van der Waals surface area (Å²) in [6.07, 6.45) is 1.24. The van der Waals surface area contributed by atoms with Crippen molar-refractivity contribution in [3.8, 4) is 6.07 Å². The summed E-state index contributed by atoms with van der Waals surface area (Å²) in [6.45, 7) is 5.99. The molecular formula is C16H21FN4. The molecule has 1 aromatic rings. The molecule has 1 atom stereocenters. The van der Waals surface area contributed by atoms with E-state index in [-0.39, 0.29) is 5.82 Å². The number of benzene rings is 1. The van der Waals surface area contributed by atoms with Crippen LogP contribution in [0.2, 0.25) is 0 Å². The van der Waals surface area contributed by atoms with Crippen molar-refractivity contribution in [2.75, 3.05) is 51.2 Å². The summed E-state index contributed by atoms with van der Waals surface area (Å²) >= 11 is 0. The zero-order valence-corrected chi connectivity index (χ0v) is 12.4. The number of piperazine rings is 1. The number of halogens is 1. The predicted octanol–water partition coefficient (Wildman–Crippen LogP) is 1.52. The molecular weight excluding hydrogens is 267 g/mol. The quantitative estimate of drug-likeness (QED) is 0.826. The maximum absolute atomic E-state index is 14.1. The third-order valence-corrected chi connectivity index (χ3v) is 4.61. The van der Waals surface area contributed by atoms with E-state index in [0.717, 1.165) is 32.7 Å². The van der Waals surface area contributed by atoms with Crippen LogP contribution in [-0.4, -0.2) is 62.2 Å². The van der Waals surface area contributed by atoms with Crippen LogP contribution in [0.25, 0.3) is 0 Å². The molecule has 1 aromatic carbocycles. The zero-order chi connectivity index (χ0) is 14.8. The largest absolute Gasteiger partial charge is 0.367 e. The first-order valence-corrected chi connectivity index (χ1v) is 7.54. The van der Waals surface area contributed by atoms with E-state index >= 15 is 0 Å². The molecule has 3 rings (SSSR count). The van der Waals surface area contributed by atoms with E-state index in [1.807, 2.05) is 6.07 Å². The molecule has 0 radical (unpaired) electrons. The van der Waals surface area contributed by atoms with Gasteiger partial charge in [0.05, 0.1) is 17.3 Å². The molecule has 0 N–H and O–H groups in total. The summed E-state index contributed by atoms with van der Waals surface area (Å²) in [5.74, 6) is -0.289. The Bertz CT molecular complexity index is 546. The Morgan fingerprint density at radius 3 is 2.52 bits per heavy atom. The minimum Gasteiger partial charge on any atom is -0.367 e. The molecule has 0 saturated carbocycles. The lowest BCUT2D eigenvalue weighted by atomic mass is 10.1. The van der Waals surface area contributed by atoms with Crippen molar-refractivity contribution < 1.29 is 4.39 Å². The van der Waals surface area contributed by atoms with Crippen LogP contribution in [-0.2, 0) is 0 Å². The van der Waals surface area contributed by atoms with Crippen molar-refractivity contribution in [3.05, 3.63) is 29.6 Å². The Morgan fingerprint density at radius 2 is 1.95 bits per heavy atom. The topological polar surface area (TPSA) is 33.5 Å². The predicted molar refractivity (Wildman–Crippen MR) is 80.8 cm³/mol. The van der Waals surface area contributed by atoms with E-state index < -0.39 is 0 Å². The van der Waals surface area contributed by atoms with E-state index in [1.54, 1.807) is 12.1 Å². The number of hydrogen-bond acceptors (Lipinski definition) is 4. The highest BCUT2D eigenvalue weighted by molar-refractivity contribution is 5.51. The third-order valence-electron chi connectivity index (χ3n) is 4.61. The lowest BCUT2D eigenvalue weighted by molar-refractivity contribution is 0.187. The van der Waals surface area contributed by atoms with Crippen LogP contribution in [0.1, 0.15) is 12.0 Å². The Balaban J connectivity index is 1.62. The van der Waals surface area contributed by atoms with Crippen molar-refractivity contribution in [2.24, 2.45) is 0 Å². The second kappa shape index (κ2) is 6.00. The highest BCUT2D eigenvalue weighted by atomic mass is 19.1. The van der Waals surface area contributed by atoms with Crippen molar-refractivity contribution >= 4 is 5.69 Å². The van der Waals surface area contributed by atoms with Gasteiger partial charge in [-0.25, -0.2) is 4.39 Å². The van der Waals surface area contributed by atoms with Crippen molar-refractivity contribution in [1.29, 1.82) is 5.26 Å². The fourth-order valence-electron chi connectivity index (χ4n) is 3.37. The molecule has 0 amide bonds. The van der Waals surface area contributed by atoms with Crippen LogP contribution in [0.3, 0.4) is 0 Å². The molecule has 21 heavy (non-hydrogen) atoms. The molecule has 2 aliphatic rings. The van der Waals surface area contributed by atoms with Gasteiger partial charge >= 0.3 is 0 Å². The first kappa shape index (κ1) is 14.3. The van der Waals surface area contributed by atoms with Crippen LogP contribution in [0.15, 0.2) is 18.2 Å². The van der Waals surface area contributed by atoms with Crippen molar-refractivity contribution in [3.63, 3.8) is 0 Å². The van der Waals surface area contributed by atoms with Crippen LogP contribution in [0, 0.1) is 17.1 Å². The zero-order valence-electron chi connectivity index (χ0n) is 12.4. The van der Waals surface area contributed by atoms with Crippen LogP contribution < -0.4 is 4.90 Å². The van der Waals surface area contributed by atoms with Gasteiger partial charge in [0, 0.05) is 38.8 Å². The number of anilines is 1. The summed E-state index contributed by atoms with van der Waals surface area (Å²) < 4.78 is 14.1. The van der Waals surface area contributed by atoms with Gasteiger partial charge in [-0.1, -0.05) is 0 Å². The van der Waals surface area contributed by atoms with Crippen LogP contribution in [0.5, 0.6) is 0 Å². The molecule has 5 heteroatoms. The number of rotatable bonds is 2. The summed E-state index contributed by atoms with van der Waals surface area (Å²) in [6, 6.07) is 7.38. The number of likely N-dealkylation sites (tertiary alicyclic amines) is 1. The Morgan fingerprint density at radius 1 is 1.19 bits per heavy atom. The molecule has 2 saturated heterocycles. The molecule has 2 heterocycles. The smallest absolute Gasteiger partial charge is 0.147 e. The summed E-state index contributed by atoms with van der Waals surface area (Å²) in [4.78, 5) is 6.99. The first-order valence-electron chi connectivity index (χ1n) is 7.54. The second-order valence-corrected chi connectivity index (χ2v) is 6.01. The number of likely N-dealkylation sites (N-methyl/N-ethyl adjacent to an activating group) is 1. The van der Waals surface area contributed by atoms with Gasteiger partial charge in [0.15, 0.2) is 0 Å². The van der Waals surface area contributed by atoms with Gasteiger partial charge in [0.1, 0.15) is 5.82 Å². The van der Waals surface area contributed by atoms with Gasteiger partial charge in [0.2, 0.25) is 0 Å². The van der Waals surface area contributed by atoms with E-state index in [2.05, 4.69) is 21.7 Å². The maximum atomic E-state index is 14.1. The van der Waals surface area contributed by atoms with Gasteiger partial charge in [0.25, 0.3) is 0 Å². The van der Waals surface area contributed by atoms with Crippen molar-refractivity contribution in [2.45, 2.75) is 12.5 Å². The van der Waals surface area contributed by atoms with Crippen LogP contribution in [0.4, 0.5) is 10.1 Å². The molecule has 4 nitrogen and oxygen atoms in total. The van der Waals surface area contributed by atoms with Gasteiger partial charge in [-0.3, -0.25) is 4.90 Å². The highest BCUT2D eigenvalue weighted by Crippen LogP contribution is 2.23. The fraction of sp³-hybridized carbons (Fsp3) is 0.562. The van der Waals surface area contributed by atoms with Gasteiger partial charge < -0.3 is 9.80 Å². The van der Waals surface area contributed by atoms with E-state index in [9.17, 15) is 4.39 Å². The molecule has 112 valence electrons. The van der Waals surface area contributed by atoms with Gasteiger partial charge in [-0.05, 0) is 38.2 Å². The van der Waals surface area contributed by atoms with Crippen LogP contribution >= 0.6 is 0 Å². The maximum Gasteiger partial charge on any atom is 0.147 e. The standard InChI is InChI=1S/C16H21FN4/c1-19-5-4-14(12-19)20-6-8-21(9-7-20)16-3-2-13(11-18)10-15(16)17/h2-3,10,14H,4-9,12H2,1H3. The van der Waals surface area contributed by atoms with Gasteiger partial charge in [-0.2, -0.15) is 5.26 Å². The highest BCUT2D eigenvalue weighted by Gasteiger charge is 2.28. The normalized spacial score (nSPS) is 24.2. The Labute approximate surface area is 125 Å². The molecule has 0 bridgehead atoms.